The van der Waals surface area contributed by atoms with Crippen molar-refractivity contribution in [3.05, 3.63) is 72.6 Å². The molecule has 8 nitrogen and oxygen atoms in total. The lowest BCUT2D eigenvalue weighted by atomic mass is 10.1. The van der Waals surface area contributed by atoms with Crippen LogP contribution in [0.25, 0.3) is 22.8 Å². The van der Waals surface area contributed by atoms with Gasteiger partial charge in [0.05, 0.1) is 19.0 Å². The SMILES string of the molecule is COc1cc(-c2noc(-c3ccc(C)cc3)n2)ccc1OCC(=O)Nc1cccnc1. The van der Waals surface area contributed by atoms with E-state index in [1.807, 2.05) is 31.2 Å². The van der Waals surface area contributed by atoms with Crippen LogP contribution in [0.1, 0.15) is 5.56 Å². The Labute approximate surface area is 178 Å². The van der Waals surface area contributed by atoms with Crippen LogP contribution in [0.2, 0.25) is 0 Å². The van der Waals surface area contributed by atoms with E-state index in [-0.39, 0.29) is 12.5 Å². The molecule has 4 rings (SSSR count). The van der Waals surface area contributed by atoms with Gasteiger partial charge in [-0.05, 0) is 49.4 Å². The molecule has 156 valence electrons. The maximum absolute atomic E-state index is 12.1. The molecule has 0 saturated carbocycles. The van der Waals surface area contributed by atoms with Crippen molar-refractivity contribution in [1.29, 1.82) is 0 Å². The number of carbonyl (C=O) groups excluding carboxylic acids is 1. The highest BCUT2D eigenvalue weighted by atomic mass is 16.5. The number of amides is 1. The molecule has 1 N–H and O–H groups in total. The van der Waals surface area contributed by atoms with E-state index in [0.717, 1.165) is 11.1 Å². The van der Waals surface area contributed by atoms with Gasteiger partial charge in [-0.1, -0.05) is 22.9 Å². The summed E-state index contributed by atoms with van der Waals surface area (Å²) in [6.07, 6.45) is 3.19. The summed E-state index contributed by atoms with van der Waals surface area (Å²) >= 11 is 0. The molecule has 0 aliphatic carbocycles. The van der Waals surface area contributed by atoms with Crippen LogP contribution >= 0.6 is 0 Å². The lowest BCUT2D eigenvalue weighted by Crippen LogP contribution is -2.20. The second-order valence-electron chi connectivity index (χ2n) is 6.73. The molecular formula is C23H20N4O4. The molecule has 4 aromatic rings. The number of methoxy groups -OCH3 is 1. The molecule has 0 bridgehead atoms. The Balaban J connectivity index is 1.45. The minimum atomic E-state index is -0.306. The Morgan fingerprint density at radius 1 is 1.06 bits per heavy atom. The largest absolute Gasteiger partial charge is 0.493 e. The van der Waals surface area contributed by atoms with Gasteiger partial charge in [-0.2, -0.15) is 4.98 Å². The molecule has 1 amide bonds. The highest BCUT2D eigenvalue weighted by Gasteiger charge is 2.14. The Kier molecular flexibility index (Phi) is 5.89. The van der Waals surface area contributed by atoms with E-state index in [9.17, 15) is 4.79 Å². The number of ether oxygens (including phenoxy) is 2. The van der Waals surface area contributed by atoms with Crippen molar-refractivity contribution in [2.45, 2.75) is 6.92 Å². The van der Waals surface area contributed by atoms with Gasteiger partial charge in [0.15, 0.2) is 18.1 Å². The molecular weight excluding hydrogens is 396 g/mol. The van der Waals surface area contributed by atoms with Crippen molar-refractivity contribution in [1.82, 2.24) is 15.1 Å². The number of aryl methyl sites for hydroxylation is 1. The van der Waals surface area contributed by atoms with Gasteiger partial charge in [-0.25, -0.2) is 0 Å². The van der Waals surface area contributed by atoms with Gasteiger partial charge in [-0.3, -0.25) is 9.78 Å². The topological polar surface area (TPSA) is 99.4 Å². The molecule has 0 fully saturated rings. The number of carbonyl (C=O) groups is 1. The molecule has 0 radical (unpaired) electrons. The summed E-state index contributed by atoms with van der Waals surface area (Å²) in [7, 11) is 1.52. The van der Waals surface area contributed by atoms with E-state index in [2.05, 4.69) is 20.4 Å². The van der Waals surface area contributed by atoms with E-state index in [4.69, 9.17) is 14.0 Å². The number of nitrogens with zero attached hydrogens (tertiary/aromatic N) is 3. The average Bonchev–Trinajstić information content (AvgIpc) is 3.29. The normalized spacial score (nSPS) is 10.5. The molecule has 31 heavy (non-hydrogen) atoms. The molecule has 2 aromatic carbocycles. The number of aromatic nitrogens is 3. The monoisotopic (exact) mass is 416 g/mol. The van der Waals surface area contributed by atoms with Crippen molar-refractivity contribution in [2.24, 2.45) is 0 Å². The first-order chi connectivity index (χ1) is 15.1. The van der Waals surface area contributed by atoms with Crippen LogP contribution in [0.3, 0.4) is 0 Å². The lowest BCUT2D eigenvalue weighted by Gasteiger charge is -2.11. The number of anilines is 1. The maximum Gasteiger partial charge on any atom is 0.262 e. The fraction of sp³-hybridized carbons (Fsp3) is 0.130. The zero-order chi connectivity index (χ0) is 21.6. The number of benzene rings is 2. The molecule has 2 heterocycles. The summed E-state index contributed by atoms with van der Waals surface area (Å²) in [5.41, 5.74) is 3.29. The molecule has 0 aliphatic rings. The number of pyridine rings is 1. The highest BCUT2D eigenvalue weighted by Crippen LogP contribution is 2.32. The first-order valence-corrected chi connectivity index (χ1v) is 9.54. The quantitative estimate of drug-likeness (QED) is 0.483. The Hall–Kier alpha value is -4.20. The average molecular weight is 416 g/mol. The molecule has 8 heteroatoms. The Bertz CT molecular complexity index is 1170. The van der Waals surface area contributed by atoms with Crippen molar-refractivity contribution >= 4 is 11.6 Å². The van der Waals surface area contributed by atoms with E-state index in [0.29, 0.717) is 34.5 Å². The summed E-state index contributed by atoms with van der Waals surface area (Å²) in [6, 6.07) is 16.5. The smallest absolute Gasteiger partial charge is 0.262 e. The van der Waals surface area contributed by atoms with Gasteiger partial charge in [0.1, 0.15) is 0 Å². The summed E-state index contributed by atoms with van der Waals surface area (Å²) in [4.78, 5) is 20.5. The van der Waals surface area contributed by atoms with Crippen LogP contribution in [0.4, 0.5) is 5.69 Å². The first-order valence-electron chi connectivity index (χ1n) is 9.54. The zero-order valence-corrected chi connectivity index (χ0v) is 17.0. The zero-order valence-electron chi connectivity index (χ0n) is 17.0. The van der Waals surface area contributed by atoms with Crippen molar-refractivity contribution < 1.29 is 18.8 Å². The van der Waals surface area contributed by atoms with Crippen LogP contribution in [0.5, 0.6) is 11.5 Å². The second kappa shape index (κ2) is 9.08. The highest BCUT2D eigenvalue weighted by molar-refractivity contribution is 5.91. The third-order valence-electron chi connectivity index (χ3n) is 4.45. The molecule has 0 unspecified atom stereocenters. The molecule has 0 saturated heterocycles. The van der Waals surface area contributed by atoms with Gasteiger partial charge < -0.3 is 19.3 Å². The van der Waals surface area contributed by atoms with Crippen molar-refractivity contribution in [3.63, 3.8) is 0 Å². The van der Waals surface area contributed by atoms with Crippen LogP contribution in [-0.2, 0) is 4.79 Å². The Morgan fingerprint density at radius 3 is 2.61 bits per heavy atom. The fourth-order valence-electron chi connectivity index (χ4n) is 2.86. The van der Waals surface area contributed by atoms with Gasteiger partial charge in [0.25, 0.3) is 11.8 Å². The molecule has 2 aromatic heterocycles. The molecule has 0 atom stereocenters. The van der Waals surface area contributed by atoms with E-state index in [1.165, 1.54) is 7.11 Å². The van der Waals surface area contributed by atoms with E-state index < -0.39 is 0 Å². The Morgan fingerprint density at radius 2 is 1.87 bits per heavy atom. The van der Waals surface area contributed by atoms with E-state index >= 15 is 0 Å². The van der Waals surface area contributed by atoms with Crippen LogP contribution in [0.15, 0.2) is 71.5 Å². The minimum Gasteiger partial charge on any atom is -0.493 e. The van der Waals surface area contributed by atoms with Crippen LogP contribution < -0.4 is 14.8 Å². The first kappa shape index (κ1) is 20.1. The predicted molar refractivity (Wildman–Crippen MR) is 115 cm³/mol. The van der Waals surface area contributed by atoms with Gasteiger partial charge in [0.2, 0.25) is 5.82 Å². The van der Waals surface area contributed by atoms with Crippen molar-refractivity contribution in [3.8, 4) is 34.3 Å². The summed E-state index contributed by atoms with van der Waals surface area (Å²) in [5.74, 6) is 1.43. The standard InChI is InChI=1S/C23H20N4O4/c1-15-5-7-16(8-6-15)23-26-22(27-31-23)17-9-10-19(20(12-17)29-2)30-14-21(28)25-18-4-3-11-24-13-18/h3-13H,14H2,1-2H3,(H,25,28). The third-order valence-corrected chi connectivity index (χ3v) is 4.45. The van der Waals surface area contributed by atoms with Gasteiger partial charge >= 0.3 is 0 Å². The van der Waals surface area contributed by atoms with Crippen molar-refractivity contribution in [2.75, 3.05) is 19.0 Å². The summed E-state index contributed by atoms with van der Waals surface area (Å²) in [5, 5.41) is 6.77. The van der Waals surface area contributed by atoms with Gasteiger partial charge in [-0.15, -0.1) is 0 Å². The molecule has 0 spiro atoms. The van der Waals surface area contributed by atoms with Crippen LogP contribution in [-0.4, -0.2) is 34.7 Å². The lowest BCUT2D eigenvalue weighted by molar-refractivity contribution is -0.118. The van der Waals surface area contributed by atoms with E-state index in [1.54, 1.807) is 42.7 Å². The van der Waals surface area contributed by atoms with Crippen LogP contribution in [0, 0.1) is 6.92 Å². The minimum absolute atomic E-state index is 0.176. The number of hydrogen-bond donors (Lipinski definition) is 1. The fourth-order valence-corrected chi connectivity index (χ4v) is 2.86. The third kappa shape index (κ3) is 4.87. The van der Waals surface area contributed by atoms with Gasteiger partial charge in [0, 0.05) is 17.3 Å². The maximum atomic E-state index is 12.1. The number of rotatable bonds is 7. The second-order valence-corrected chi connectivity index (χ2v) is 6.73. The number of nitrogens with one attached hydrogen (secondary N) is 1. The number of hydrogen-bond acceptors (Lipinski definition) is 7. The predicted octanol–water partition coefficient (Wildman–Crippen LogP) is 4.13. The molecule has 0 aliphatic heterocycles. The summed E-state index contributed by atoms with van der Waals surface area (Å²) < 4.78 is 16.4. The summed E-state index contributed by atoms with van der Waals surface area (Å²) in [6.45, 7) is 1.84.